The van der Waals surface area contributed by atoms with Crippen LogP contribution >= 0.6 is 0 Å². The fraction of sp³-hybridized carbons (Fsp3) is 0.564. The molecular formula is C39H56O7. The number of aromatic hydroxyl groups is 2. The number of esters is 2. The summed E-state index contributed by atoms with van der Waals surface area (Å²) in [5.74, 6) is -1.33. The minimum atomic E-state index is -0.453. The van der Waals surface area contributed by atoms with Gasteiger partial charge in [-0.05, 0) is 49.3 Å². The number of ketones is 1. The number of phenolic OH excluding ortho intramolecular Hbond substituents is 2. The van der Waals surface area contributed by atoms with Gasteiger partial charge in [0.15, 0.2) is 5.78 Å². The van der Waals surface area contributed by atoms with Crippen LogP contribution in [0.4, 0.5) is 0 Å². The SMILES string of the molecule is CCCCCCCCCCCC(=O)Oc1cc(O)ccc1C=CC(=O)c1ccc(O)cc1OC(=O)CCCCCCCCCCC. The Bertz CT molecular complexity index is 1220. The largest absolute Gasteiger partial charge is 0.508 e. The van der Waals surface area contributed by atoms with Crippen molar-refractivity contribution in [2.45, 2.75) is 142 Å². The maximum absolute atomic E-state index is 13.1. The van der Waals surface area contributed by atoms with Crippen LogP contribution in [0.15, 0.2) is 42.5 Å². The standard InChI is InChI=1S/C39H56O7/c1-3-5-7-9-11-13-15-17-19-21-38(43)45-36-29-32(40)25-23-31(36)24-28-35(42)34-27-26-33(41)30-37(34)46-39(44)22-20-18-16-14-12-10-8-6-4-2/h23-30,40-41H,3-22H2,1-2H3. The van der Waals surface area contributed by atoms with Gasteiger partial charge in [0.2, 0.25) is 0 Å². The molecule has 2 aromatic rings. The average molecular weight is 637 g/mol. The molecule has 0 amide bonds. The second-order valence-electron chi connectivity index (χ2n) is 12.2. The van der Waals surface area contributed by atoms with Gasteiger partial charge in [0.05, 0.1) is 5.56 Å². The topological polar surface area (TPSA) is 110 Å². The van der Waals surface area contributed by atoms with E-state index in [-0.39, 0.29) is 41.4 Å². The van der Waals surface area contributed by atoms with E-state index < -0.39 is 17.7 Å². The molecule has 2 N–H and O–H groups in total. The van der Waals surface area contributed by atoms with E-state index in [2.05, 4.69) is 13.8 Å². The highest BCUT2D eigenvalue weighted by molar-refractivity contribution is 6.09. The summed E-state index contributed by atoms with van der Waals surface area (Å²) < 4.78 is 11.0. The molecule has 0 spiro atoms. The van der Waals surface area contributed by atoms with E-state index >= 15 is 0 Å². The summed E-state index contributed by atoms with van der Waals surface area (Å²) in [5, 5.41) is 20.0. The monoisotopic (exact) mass is 636 g/mol. The number of phenols is 2. The fourth-order valence-electron chi connectivity index (χ4n) is 5.31. The van der Waals surface area contributed by atoms with E-state index in [0.717, 1.165) is 38.5 Å². The molecular weight excluding hydrogens is 580 g/mol. The molecule has 0 unspecified atom stereocenters. The zero-order valence-corrected chi connectivity index (χ0v) is 28.2. The molecule has 0 aliphatic heterocycles. The van der Waals surface area contributed by atoms with Crippen LogP contribution in [0, 0.1) is 0 Å². The van der Waals surface area contributed by atoms with Gasteiger partial charge < -0.3 is 19.7 Å². The summed E-state index contributed by atoms with van der Waals surface area (Å²) in [5.41, 5.74) is 0.562. The van der Waals surface area contributed by atoms with E-state index in [1.807, 2.05) is 0 Å². The predicted molar refractivity (Wildman–Crippen MR) is 185 cm³/mol. The van der Waals surface area contributed by atoms with Crippen LogP contribution in [0.2, 0.25) is 0 Å². The highest BCUT2D eigenvalue weighted by Gasteiger charge is 2.16. The predicted octanol–water partition coefficient (Wildman–Crippen LogP) is 10.6. The third-order valence-corrected chi connectivity index (χ3v) is 8.06. The van der Waals surface area contributed by atoms with Gasteiger partial charge >= 0.3 is 11.9 Å². The molecule has 7 nitrogen and oxygen atoms in total. The number of hydrogen-bond acceptors (Lipinski definition) is 7. The van der Waals surface area contributed by atoms with Gasteiger partial charge in [-0.15, -0.1) is 0 Å². The smallest absolute Gasteiger partial charge is 0.311 e. The summed E-state index contributed by atoms with van der Waals surface area (Å²) in [7, 11) is 0. The molecule has 2 aromatic carbocycles. The van der Waals surface area contributed by atoms with Crippen molar-refractivity contribution in [1.82, 2.24) is 0 Å². The molecule has 2 rings (SSSR count). The molecule has 0 heterocycles. The molecule has 0 aliphatic rings. The molecule has 0 saturated carbocycles. The Kier molecular flexibility index (Phi) is 19.9. The molecule has 0 radical (unpaired) electrons. The highest BCUT2D eigenvalue weighted by atomic mass is 16.5. The lowest BCUT2D eigenvalue weighted by molar-refractivity contribution is -0.135. The van der Waals surface area contributed by atoms with Crippen molar-refractivity contribution in [2.75, 3.05) is 0 Å². The van der Waals surface area contributed by atoms with Crippen LogP contribution in [0.5, 0.6) is 23.0 Å². The van der Waals surface area contributed by atoms with Gasteiger partial charge in [0.25, 0.3) is 0 Å². The van der Waals surface area contributed by atoms with Crippen LogP contribution < -0.4 is 9.47 Å². The van der Waals surface area contributed by atoms with Crippen LogP contribution in [0.1, 0.15) is 158 Å². The minimum absolute atomic E-state index is 0.00566. The van der Waals surface area contributed by atoms with Crippen molar-refractivity contribution in [2.24, 2.45) is 0 Å². The summed E-state index contributed by atoms with van der Waals surface area (Å²) in [6.45, 7) is 4.42. The normalized spacial score (nSPS) is 11.2. The van der Waals surface area contributed by atoms with Crippen molar-refractivity contribution in [3.8, 4) is 23.0 Å². The van der Waals surface area contributed by atoms with Crippen LogP contribution in [0.25, 0.3) is 6.08 Å². The first-order valence-electron chi connectivity index (χ1n) is 17.6. The average Bonchev–Trinajstić information content (AvgIpc) is 3.02. The first-order chi connectivity index (χ1) is 22.3. The third kappa shape index (κ3) is 16.6. The number of unbranched alkanes of at least 4 members (excludes halogenated alkanes) is 16. The maximum atomic E-state index is 13.1. The number of benzene rings is 2. The van der Waals surface area contributed by atoms with Gasteiger partial charge in [-0.25, -0.2) is 0 Å². The van der Waals surface area contributed by atoms with Crippen molar-refractivity contribution < 1.29 is 34.1 Å². The van der Waals surface area contributed by atoms with Crippen molar-refractivity contribution in [3.63, 3.8) is 0 Å². The molecule has 0 aromatic heterocycles. The van der Waals surface area contributed by atoms with E-state index in [9.17, 15) is 24.6 Å². The summed E-state index contributed by atoms with van der Waals surface area (Å²) >= 11 is 0. The minimum Gasteiger partial charge on any atom is -0.508 e. The van der Waals surface area contributed by atoms with E-state index in [0.29, 0.717) is 12.0 Å². The van der Waals surface area contributed by atoms with Gasteiger partial charge in [-0.3, -0.25) is 14.4 Å². The first-order valence-corrected chi connectivity index (χ1v) is 17.6. The molecule has 0 fully saturated rings. The Morgan fingerprint density at radius 3 is 1.48 bits per heavy atom. The Balaban J connectivity index is 1.88. The molecule has 46 heavy (non-hydrogen) atoms. The first kappa shape index (κ1) is 38.6. The quantitative estimate of drug-likeness (QED) is 0.0367. The second-order valence-corrected chi connectivity index (χ2v) is 12.2. The van der Waals surface area contributed by atoms with Gasteiger partial charge in [-0.1, -0.05) is 117 Å². The van der Waals surface area contributed by atoms with E-state index in [1.165, 1.54) is 113 Å². The number of rotatable bonds is 25. The number of allylic oxidation sites excluding steroid dienone is 1. The molecule has 0 atom stereocenters. The Hall–Kier alpha value is -3.61. The molecule has 0 bridgehead atoms. The zero-order valence-electron chi connectivity index (χ0n) is 28.2. The van der Waals surface area contributed by atoms with Gasteiger partial charge in [-0.2, -0.15) is 0 Å². The van der Waals surface area contributed by atoms with E-state index in [1.54, 1.807) is 6.07 Å². The lowest BCUT2D eigenvalue weighted by Gasteiger charge is -2.10. The number of carbonyl (C=O) groups excluding carboxylic acids is 3. The van der Waals surface area contributed by atoms with Crippen molar-refractivity contribution in [3.05, 3.63) is 53.6 Å². The Labute approximate surface area is 276 Å². The number of ether oxygens (including phenoxy) is 2. The lowest BCUT2D eigenvalue weighted by atomic mass is 10.1. The third-order valence-electron chi connectivity index (χ3n) is 8.06. The Morgan fingerprint density at radius 1 is 0.565 bits per heavy atom. The maximum Gasteiger partial charge on any atom is 0.311 e. The van der Waals surface area contributed by atoms with Crippen LogP contribution in [-0.2, 0) is 9.59 Å². The molecule has 0 saturated heterocycles. The van der Waals surface area contributed by atoms with Crippen molar-refractivity contribution >= 4 is 23.8 Å². The van der Waals surface area contributed by atoms with Gasteiger partial charge in [0.1, 0.15) is 23.0 Å². The lowest BCUT2D eigenvalue weighted by Crippen LogP contribution is -2.10. The summed E-state index contributed by atoms with van der Waals surface area (Å²) in [6.07, 6.45) is 23.7. The van der Waals surface area contributed by atoms with Gasteiger partial charge in [0, 0.05) is 30.5 Å². The number of carbonyl (C=O) groups is 3. The van der Waals surface area contributed by atoms with Crippen molar-refractivity contribution in [1.29, 1.82) is 0 Å². The summed E-state index contributed by atoms with van der Waals surface area (Å²) in [6, 6.07) is 8.38. The molecule has 254 valence electrons. The van der Waals surface area contributed by atoms with Crippen LogP contribution in [0.3, 0.4) is 0 Å². The fourth-order valence-corrected chi connectivity index (χ4v) is 5.31. The van der Waals surface area contributed by atoms with Crippen LogP contribution in [-0.4, -0.2) is 27.9 Å². The zero-order chi connectivity index (χ0) is 33.4. The second kappa shape index (κ2) is 23.7. The summed E-state index contributed by atoms with van der Waals surface area (Å²) in [4.78, 5) is 38.2. The molecule has 7 heteroatoms. The Morgan fingerprint density at radius 2 is 0.978 bits per heavy atom. The number of hydrogen-bond donors (Lipinski definition) is 2. The highest BCUT2D eigenvalue weighted by Crippen LogP contribution is 2.29. The molecule has 0 aliphatic carbocycles. The van der Waals surface area contributed by atoms with E-state index in [4.69, 9.17) is 9.47 Å².